The van der Waals surface area contributed by atoms with E-state index in [2.05, 4.69) is 20.9 Å². The van der Waals surface area contributed by atoms with E-state index in [1.165, 1.54) is 12.1 Å². The van der Waals surface area contributed by atoms with Gasteiger partial charge in [0.25, 0.3) is 5.91 Å². The molecule has 9 nitrogen and oxygen atoms in total. The monoisotopic (exact) mass is 520 g/mol. The fourth-order valence-corrected chi connectivity index (χ4v) is 4.12. The molecular weight excluding hydrogens is 495 g/mol. The number of benzene rings is 2. The smallest absolute Gasteiger partial charge is 0.326 e. The van der Waals surface area contributed by atoms with Crippen molar-refractivity contribution in [1.29, 1.82) is 0 Å². The fraction of sp³-hybridized carbons (Fsp3) is 0.333. The third-order valence-electron chi connectivity index (χ3n) is 5.36. The van der Waals surface area contributed by atoms with Gasteiger partial charge in [0.1, 0.15) is 17.6 Å². The molecule has 0 saturated heterocycles. The Bertz CT molecular complexity index is 1140. The number of carbonyl (C=O) groups is 3. The summed E-state index contributed by atoms with van der Waals surface area (Å²) in [6, 6.07) is 8.14. The number of amidine groups is 1. The van der Waals surface area contributed by atoms with Crippen LogP contribution in [0, 0.1) is 0 Å². The number of carbonyl (C=O) groups excluding carboxylic acids is 2. The summed E-state index contributed by atoms with van der Waals surface area (Å²) < 4.78 is 0. The largest absolute Gasteiger partial charge is 0.506 e. The first-order valence-electron chi connectivity index (χ1n) is 11.1. The number of hydrogen-bond donors (Lipinski definition) is 5. The molecule has 1 aliphatic rings. The van der Waals surface area contributed by atoms with Crippen LogP contribution in [0.4, 0.5) is 5.69 Å². The maximum Gasteiger partial charge on any atom is 0.326 e. The number of aliphatic imine (C=N–C) groups is 1. The molecule has 3 rings (SSSR count). The van der Waals surface area contributed by atoms with Gasteiger partial charge in [0.2, 0.25) is 5.91 Å². The number of anilines is 1. The average molecular weight is 521 g/mol. The van der Waals surface area contributed by atoms with Crippen LogP contribution in [0.1, 0.15) is 41.6 Å². The van der Waals surface area contributed by atoms with Gasteiger partial charge < -0.3 is 26.2 Å². The maximum atomic E-state index is 12.6. The molecule has 1 atom stereocenters. The summed E-state index contributed by atoms with van der Waals surface area (Å²) in [5.41, 5.74) is 1.22. The van der Waals surface area contributed by atoms with E-state index in [4.69, 9.17) is 23.2 Å². The minimum atomic E-state index is -1.37. The third-order valence-corrected chi connectivity index (χ3v) is 5.87. The normalized spacial score (nSPS) is 14.3. The Kier molecular flexibility index (Phi) is 9.33. The Balaban J connectivity index is 1.57. The molecule has 0 spiro atoms. The summed E-state index contributed by atoms with van der Waals surface area (Å²) in [5, 5.41) is 27.8. The van der Waals surface area contributed by atoms with Gasteiger partial charge in [0.05, 0.1) is 11.6 Å². The molecule has 0 bridgehead atoms. The molecule has 1 heterocycles. The number of hydrogen-bond acceptors (Lipinski definition) is 6. The van der Waals surface area contributed by atoms with Crippen LogP contribution in [-0.2, 0) is 16.0 Å². The molecule has 1 aliphatic heterocycles. The second-order valence-corrected chi connectivity index (χ2v) is 8.93. The second-order valence-electron chi connectivity index (χ2n) is 8.09. The lowest BCUT2D eigenvalue weighted by Gasteiger charge is -2.16. The quantitative estimate of drug-likeness (QED) is 0.360. The number of rotatable bonds is 8. The first-order valence-corrected chi connectivity index (χ1v) is 11.9. The van der Waals surface area contributed by atoms with Crippen LogP contribution in [0.15, 0.2) is 41.4 Å². The molecule has 1 unspecified atom stereocenters. The van der Waals surface area contributed by atoms with Crippen molar-refractivity contribution in [3.63, 3.8) is 0 Å². The first-order chi connectivity index (χ1) is 16.7. The highest BCUT2D eigenvalue weighted by molar-refractivity contribution is 6.35. The van der Waals surface area contributed by atoms with Crippen molar-refractivity contribution in [3.8, 4) is 5.75 Å². The van der Waals surface area contributed by atoms with Crippen molar-refractivity contribution in [2.24, 2.45) is 4.99 Å². The molecule has 0 aliphatic carbocycles. The molecule has 5 N–H and O–H groups in total. The molecule has 11 heteroatoms. The number of carboxylic acids is 1. The zero-order valence-electron chi connectivity index (χ0n) is 18.8. The van der Waals surface area contributed by atoms with Crippen molar-refractivity contribution in [3.05, 3.63) is 57.6 Å². The van der Waals surface area contributed by atoms with Gasteiger partial charge in [-0.2, -0.15) is 0 Å². The summed E-state index contributed by atoms with van der Waals surface area (Å²) in [6.07, 6.45) is 3.85. The van der Waals surface area contributed by atoms with Gasteiger partial charge in [0, 0.05) is 35.7 Å². The Morgan fingerprint density at radius 2 is 1.89 bits per heavy atom. The maximum absolute atomic E-state index is 12.6. The van der Waals surface area contributed by atoms with Crippen LogP contribution < -0.4 is 16.0 Å². The van der Waals surface area contributed by atoms with Crippen molar-refractivity contribution < 1.29 is 24.6 Å². The molecule has 0 fully saturated rings. The van der Waals surface area contributed by atoms with E-state index in [9.17, 15) is 24.6 Å². The summed E-state index contributed by atoms with van der Waals surface area (Å²) in [6.45, 7) is 0.341. The highest BCUT2D eigenvalue weighted by atomic mass is 35.5. The number of halogens is 2. The molecule has 2 aromatic carbocycles. The van der Waals surface area contributed by atoms with Crippen LogP contribution in [0.2, 0.25) is 10.0 Å². The molecule has 2 aromatic rings. The number of carboxylic acid groups (broad SMARTS) is 1. The molecule has 35 heavy (non-hydrogen) atoms. The molecule has 0 radical (unpaired) electrons. The zero-order chi connectivity index (χ0) is 25.4. The summed E-state index contributed by atoms with van der Waals surface area (Å²) >= 11 is 11.8. The van der Waals surface area contributed by atoms with Gasteiger partial charge in [-0.05, 0) is 48.7 Å². The van der Waals surface area contributed by atoms with Crippen molar-refractivity contribution >= 4 is 52.5 Å². The van der Waals surface area contributed by atoms with Crippen LogP contribution in [-0.4, -0.2) is 53.0 Å². The van der Waals surface area contributed by atoms with E-state index in [1.807, 2.05) is 6.07 Å². The summed E-state index contributed by atoms with van der Waals surface area (Å²) in [4.78, 5) is 41.0. The van der Waals surface area contributed by atoms with Crippen molar-refractivity contribution in [2.75, 3.05) is 18.4 Å². The number of amides is 2. The van der Waals surface area contributed by atoms with Crippen LogP contribution in [0.5, 0.6) is 5.75 Å². The van der Waals surface area contributed by atoms with E-state index >= 15 is 0 Å². The highest BCUT2D eigenvalue weighted by Crippen LogP contribution is 2.31. The third kappa shape index (κ3) is 7.87. The standard InChI is InChI=1S/C24H26Cl2N4O5/c25-16-9-15(22(32)18(26)12-16)11-19(24(34)35)30-21(31)13-28-23(33)14-5-4-6-17(10-14)29-20-7-2-1-3-8-27-20/h4-6,9-10,12,19,32H,1-3,7-8,11,13H2,(H,27,29)(H,28,33)(H,30,31)(H,34,35). The topological polar surface area (TPSA) is 140 Å². The van der Waals surface area contributed by atoms with E-state index in [1.54, 1.807) is 18.2 Å². The van der Waals surface area contributed by atoms with Gasteiger partial charge >= 0.3 is 5.97 Å². The van der Waals surface area contributed by atoms with E-state index < -0.39 is 30.4 Å². The Morgan fingerprint density at radius 1 is 1.09 bits per heavy atom. The predicted octanol–water partition coefficient (Wildman–Crippen LogP) is 3.63. The molecule has 0 aromatic heterocycles. The van der Waals surface area contributed by atoms with Crippen molar-refractivity contribution in [1.82, 2.24) is 10.6 Å². The number of nitrogens with one attached hydrogen (secondary N) is 3. The van der Waals surface area contributed by atoms with Crippen LogP contribution in [0.3, 0.4) is 0 Å². The summed E-state index contributed by atoms with van der Waals surface area (Å²) in [7, 11) is 0. The number of phenolic OH excluding ortho intramolecular Hbond substituents is 1. The van der Waals surface area contributed by atoms with Crippen LogP contribution >= 0.6 is 23.2 Å². The Hall–Kier alpha value is -3.30. The minimum Gasteiger partial charge on any atom is -0.506 e. The van der Waals surface area contributed by atoms with Crippen molar-refractivity contribution in [2.45, 2.75) is 38.1 Å². The Labute approximate surface area is 212 Å². The second kappa shape index (κ2) is 12.4. The highest BCUT2D eigenvalue weighted by Gasteiger charge is 2.23. The number of aliphatic carboxylic acids is 1. The average Bonchev–Trinajstić information content (AvgIpc) is 3.09. The van der Waals surface area contributed by atoms with Gasteiger partial charge in [0.15, 0.2) is 0 Å². The van der Waals surface area contributed by atoms with Gasteiger partial charge in [-0.15, -0.1) is 0 Å². The lowest BCUT2D eigenvalue weighted by Crippen LogP contribution is -2.46. The zero-order valence-corrected chi connectivity index (χ0v) is 20.3. The summed E-state index contributed by atoms with van der Waals surface area (Å²) in [5.74, 6) is -1.95. The van der Waals surface area contributed by atoms with Gasteiger partial charge in [-0.3, -0.25) is 14.6 Å². The van der Waals surface area contributed by atoms with E-state index in [-0.39, 0.29) is 27.8 Å². The molecular formula is C24H26Cl2N4O5. The fourth-order valence-electron chi connectivity index (χ4n) is 3.58. The van der Waals surface area contributed by atoms with E-state index in [0.717, 1.165) is 38.1 Å². The number of aromatic hydroxyl groups is 1. The molecule has 0 saturated carbocycles. The SMILES string of the molecule is O=C(CNC(=O)c1cccc(NC2=NCCCCC2)c1)NC(Cc1cc(Cl)cc(Cl)c1O)C(=O)O. The molecule has 186 valence electrons. The number of nitrogens with zero attached hydrogens (tertiary/aromatic N) is 1. The minimum absolute atomic E-state index is 0.0296. The lowest BCUT2D eigenvalue weighted by atomic mass is 10.0. The predicted molar refractivity (Wildman–Crippen MR) is 135 cm³/mol. The van der Waals surface area contributed by atoms with Crippen LogP contribution in [0.25, 0.3) is 0 Å². The van der Waals surface area contributed by atoms with E-state index in [0.29, 0.717) is 11.3 Å². The molecule has 2 amide bonds. The van der Waals surface area contributed by atoms with Gasteiger partial charge in [-0.1, -0.05) is 35.7 Å². The Morgan fingerprint density at radius 3 is 2.66 bits per heavy atom. The number of phenols is 1. The lowest BCUT2D eigenvalue weighted by molar-refractivity contribution is -0.141. The first kappa shape index (κ1) is 26.3. The van der Waals surface area contributed by atoms with Gasteiger partial charge in [-0.25, -0.2) is 4.79 Å².